The third-order valence-electron chi connectivity index (χ3n) is 2.02. The number of benzene rings is 2. The van der Waals surface area contributed by atoms with Gasteiger partial charge >= 0.3 is 0 Å². The van der Waals surface area contributed by atoms with Gasteiger partial charge in [-0.1, -0.05) is 34.1 Å². The van der Waals surface area contributed by atoms with Gasteiger partial charge in [-0.2, -0.15) is 0 Å². The van der Waals surface area contributed by atoms with E-state index in [1.54, 1.807) is 18.2 Å². The van der Waals surface area contributed by atoms with Crippen LogP contribution < -0.4 is 0 Å². The van der Waals surface area contributed by atoms with E-state index in [2.05, 4.69) is 15.9 Å². The number of halogens is 1. The van der Waals surface area contributed by atoms with Crippen molar-refractivity contribution in [1.82, 2.24) is 0 Å². The molecule has 0 aliphatic heterocycles. The van der Waals surface area contributed by atoms with E-state index in [9.17, 15) is 8.42 Å². The fourth-order valence-electron chi connectivity index (χ4n) is 1.35. The molecule has 0 unspecified atom stereocenters. The standard InChI is InChI=1S/C10H7BrO2S/c11-10-3-1-2-7-6-8(14(12)13)4-5-9(7)10/h1-6,14H. The first-order chi connectivity index (χ1) is 6.68. The van der Waals surface area contributed by atoms with Crippen molar-refractivity contribution >= 4 is 37.4 Å². The Morgan fingerprint density at radius 3 is 2.57 bits per heavy atom. The maximum atomic E-state index is 10.8. The summed E-state index contributed by atoms with van der Waals surface area (Å²) in [6.07, 6.45) is 0. The summed E-state index contributed by atoms with van der Waals surface area (Å²) in [5.74, 6) is 0. The molecule has 0 N–H and O–H groups in total. The molecule has 0 radical (unpaired) electrons. The van der Waals surface area contributed by atoms with Crippen LogP contribution in [-0.4, -0.2) is 8.42 Å². The summed E-state index contributed by atoms with van der Waals surface area (Å²) in [6.45, 7) is 0. The highest BCUT2D eigenvalue weighted by Crippen LogP contribution is 2.24. The van der Waals surface area contributed by atoms with E-state index >= 15 is 0 Å². The Morgan fingerprint density at radius 1 is 1.07 bits per heavy atom. The number of thiol groups is 1. The van der Waals surface area contributed by atoms with Crippen LogP contribution in [0.1, 0.15) is 0 Å². The van der Waals surface area contributed by atoms with E-state index in [1.165, 1.54) is 0 Å². The van der Waals surface area contributed by atoms with E-state index in [4.69, 9.17) is 0 Å². The highest BCUT2D eigenvalue weighted by Gasteiger charge is 2.00. The van der Waals surface area contributed by atoms with Crippen LogP contribution >= 0.6 is 15.9 Å². The van der Waals surface area contributed by atoms with E-state index in [0.717, 1.165) is 15.2 Å². The van der Waals surface area contributed by atoms with Crippen molar-refractivity contribution in [3.05, 3.63) is 40.9 Å². The summed E-state index contributed by atoms with van der Waals surface area (Å²) >= 11 is 3.41. The maximum Gasteiger partial charge on any atom is 0.168 e. The van der Waals surface area contributed by atoms with Gasteiger partial charge in [0, 0.05) is 4.47 Å². The van der Waals surface area contributed by atoms with Gasteiger partial charge in [0.25, 0.3) is 0 Å². The second-order valence-corrected chi connectivity index (χ2v) is 4.79. The summed E-state index contributed by atoms with van der Waals surface area (Å²) in [7, 11) is -2.49. The summed E-state index contributed by atoms with van der Waals surface area (Å²) in [6, 6.07) is 10.8. The zero-order valence-corrected chi connectivity index (χ0v) is 9.59. The van der Waals surface area contributed by atoms with E-state index in [0.29, 0.717) is 4.90 Å². The van der Waals surface area contributed by atoms with Crippen molar-refractivity contribution in [2.75, 3.05) is 0 Å². The monoisotopic (exact) mass is 270 g/mol. The van der Waals surface area contributed by atoms with Gasteiger partial charge in [0.1, 0.15) is 0 Å². The van der Waals surface area contributed by atoms with E-state index < -0.39 is 10.7 Å². The van der Waals surface area contributed by atoms with Gasteiger partial charge in [-0.15, -0.1) is 0 Å². The summed E-state index contributed by atoms with van der Waals surface area (Å²) < 4.78 is 22.5. The SMILES string of the molecule is O=[SH](=O)c1ccc2c(Br)cccc2c1. The minimum atomic E-state index is -2.49. The molecule has 72 valence electrons. The Bertz CT molecular complexity index is 553. The molecule has 0 saturated carbocycles. The van der Waals surface area contributed by atoms with Crippen molar-refractivity contribution in [1.29, 1.82) is 0 Å². The van der Waals surface area contributed by atoms with Gasteiger partial charge in [-0.25, -0.2) is 8.42 Å². The predicted molar refractivity (Wildman–Crippen MR) is 60.2 cm³/mol. The lowest BCUT2D eigenvalue weighted by Crippen LogP contribution is -1.81. The fourth-order valence-corrected chi connectivity index (χ4v) is 2.30. The average Bonchev–Trinajstić information content (AvgIpc) is 2.17. The average molecular weight is 271 g/mol. The van der Waals surface area contributed by atoms with Crippen LogP contribution in [0, 0.1) is 0 Å². The Kier molecular flexibility index (Phi) is 2.56. The van der Waals surface area contributed by atoms with Crippen LogP contribution in [0.5, 0.6) is 0 Å². The van der Waals surface area contributed by atoms with Crippen molar-refractivity contribution in [3.8, 4) is 0 Å². The molecule has 0 spiro atoms. The highest BCUT2D eigenvalue weighted by molar-refractivity contribution is 9.10. The Morgan fingerprint density at radius 2 is 1.86 bits per heavy atom. The molecule has 0 atom stereocenters. The Balaban J connectivity index is 2.79. The van der Waals surface area contributed by atoms with Gasteiger partial charge in [-0.05, 0) is 29.0 Å². The molecule has 2 rings (SSSR count). The molecule has 0 fully saturated rings. The molecule has 0 saturated heterocycles. The van der Waals surface area contributed by atoms with Gasteiger partial charge in [0.15, 0.2) is 10.7 Å². The molecule has 0 bridgehead atoms. The fraction of sp³-hybridized carbons (Fsp3) is 0. The zero-order chi connectivity index (χ0) is 10.1. The maximum absolute atomic E-state index is 10.8. The first-order valence-corrected chi connectivity index (χ1v) is 5.98. The summed E-state index contributed by atoms with van der Waals surface area (Å²) in [5.41, 5.74) is 0. The van der Waals surface area contributed by atoms with Crippen molar-refractivity contribution in [2.45, 2.75) is 4.90 Å². The molecule has 0 aromatic heterocycles. The lowest BCUT2D eigenvalue weighted by molar-refractivity contribution is 0.614. The van der Waals surface area contributed by atoms with Gasteiger partial charge in [0.2, 0.25) is 0 Å². The second-order valence-electron chi connectivity index (χ2n) is 2.90. The molecule has 0 aliphatic rings. The minimum absolute atomic E-state index is 0.352. The first-order valence-electron chi connectivity index (χ1n) is 4.01. The van der Waals surface area contributed by atoms with Crippen LogP contribution in [-0.2, 0) is 10.7 Å². The zero-order valence-electron chi connectivity index (χ0n) is 7.11. The number of hydrogen-bond acceptors (Lipinski definition) is 2. The largest absolute Gasteiger partial charge is 0.227 e. The smallest absolute Gasteiger partial charge is 0.168 e. The Hall–Kier alpha value is -0.870. The quantitative estimate of drug-likeness (QED) is 0.809. The molecule has 0 heterocycles. The molecule has 0 amide bonds. The van der Waals surface area contributed by atoms with Gasteiger partial charge < -0.3 is 0 Å². The molecule has 2 aromatic rings. The normalized spacial score (nSPS) is 11.0. The molecule has 14 heavy (non-hydrogen) atoms. The first kappa shape index (κ1) is 9.68. The van der Waals surface area contributed by atoms with Crippen molar-refractivity contribution < 1.29 is 8.42 Å². The molecule has 2 aromatic carbocycles. The molecule has 0 aliphatic carbocycles. The number of rotatable bonds is 1. The summed E-state index contributed by atoms with van der Waals surface area (Å²) in [5, 5.41) is 1.95. The Labute approximate surface area is 91.6 Å². The van der Waals surface area contributed by atoms with Crippen molar-refractivity contribution in [2.24, 2.45) is 0 Å². The highest BCUT2D eigenvalue weighted by atomic mass is 79.9. The second kappa shape index (κ2) is 3.71. The summed E-state index contributed by atoms with van der Waals surface area (Å²) in [4.78, 5) is 0.352. The van der Waals surface area contributed by atoms with Crippen LogP contribution in [0.25, 0.3) is 10.8 Å². The van der Waals surface area contributed by atoms with Crippen LogP contribution in [0.15, 0.2) is 45.8 Å². The predicted octanol–water partition coefficient (Wildman–Crippen LogP) is 2.57. The van der Waals surface area contributed by atoms with E-state index in [-0.39, 0.29) is 0 Å². The van der Waals surface area contributed by atoms with Gasteiger partial charge in [0.05, 0.1) is 4.90 Å². The van der Waals surface area contributed by atoms with Gasteiger partial charge in [-0.3, -0.25) is 0 Å². The van der Waals surface area contributed by atoms with Crippen LogP contribution in [0.3, 0.4) is 0 Å². The third kappa shape index (κ3) is 1.67. The lowest BCUT2D eigenvalue weighted by atomic mass is 10.1. The van der Waals surface area contributed by atoms with E-state index in [1.807, 2.05) is 18.2 Å². The molecular weight excluding hydrogens is 264 g/mol. The molecule has 4 heteroatoms. The van der Waals surface area contributed by atoms with Crippen LogP contribution in [0.4, 0.5) is 0 Å². The molecule has 2 nitrogen and oxygen atoms in total. The van der Waals surface area contributed by atoms with Crippen molar-refractivity contribution in [3.63, 3.8) is 0 Å². The molecular formula is C10H7BrO2S. The van der Waals surface area contributed by atoms with Crippen LogP contribution in [0.2, 0.25) is 0 Å². The number of hydrogen-bond donors (Lipinski definition) is 1. The number of fused-ring (bicyclic) bond motifs is 1. The third-order valence-corrected chi connectivity index (χ3v) is 3.41. The topological polar surface area (TPSA) is 34.1 Å². The minimum Gasteiger partial charge on any atom is -0.227 e. The lowest BCUT2D eigenvalue weighted by Gasteiger charge is -2.00.